The number of nitrogens with one attached hydrogen (secondary N) is 1. The standard InChI is InChI=1S/C10H18N2O/c1-9(10-5-4-8-13-10)12(3)7-6-11-2/h4-5,8-9,11H,6-7H2,1-3H3. The number of hydrogen-bond acceptors (Lipinski definition) is 3. The molecule has 1 aromatic heterocycles. The SMILES string of the molecule is CNCCN(C)C(C)c1ccco1. The highest BCUT2D eigenvalue weighted by Gasteiger charge is 2.12. The Morgan fingerprint density at radius 1 is 1.62 bits per heavy atom. The zero-order valence-electron chi connectivity index (χ0n) is 8.58. The molecule has 0 saturated heterocycles. The third-order valence-electron chi connectivity index (χ3n) is 2.33. The van der Waals surface area contributed by atoms with Gasteiger partial charge in [-0.2, -0.15) is 0 Å². The van der Waals surface area contributed by atoms with Crippen molar-refractivity contribution in [1.29, 1.82) is 0 Å². The molecular weight excluding hydrogens is 164 g/mol. The van der Waals surface area contributed by atoms with Gasteiger partial charge in [-0.1, -0.05) is 0 Å². The second-order valence-corrected chi connectivity index (χ2v) is 3.28. The molecule has 0 aliphatic heterocycles. The fraction of sp³-hybridized carbons (Fsp3) is 0.600. The summed E-state index contributed by atoms with van der Waals surface area (Å²) in [7, 11) is 4.07. The molecule has 13 heavy (non-hydrogen) atoms. The Bertz CT molecular complexity index is 221. The number of likely N-dealkylation sites (N-methyl/N-ethyl adjacent to an activating group) is 2. The van der Waals surface area contributed by atoms with Gasteiger partial charge >= 0.3 is 0 Å². The van der Waals surface area contributed by atoms with Crippen LogP contribution in [0.25, 0.3) is 0 Å². The first-order valence-electron chi connectivity index (χ1n) is 4.64. The van der Waals surface area contributed by atoms with Crippen molar-refractivity contribution in [2.24, 2.45) is 0 Å². The summed E-state index contributed by atoms with van der Waals surface area (Å²) in [6.45, 7) is 4.18. The van der Waals surface area contributed by atoms with Crippen molar-refractivity contribution in [3.8, 4) is 0 Å². The molecule has 0 radical (unpaired) electrons. The minimum absolute atomic E-state index is 0.350. The summed E-state index contributed by atoms with van der Waals surface area (Å²) in [6, 6.07) is 4.29. The van der Waals surface area contributed by atoms with E-state index in [0.717, 1.165) is 18.8 Å². The molecule has 1 N–H and O–H groups in total. The molecule has 3 nitrogen and oxygen atoms in total. The second-order valence-electron chi connectivity index (χ2n) is 3.28. The fourth-order valence-electron chi connectivity index (χ4n) is 1.23. The molecule has 1 rings (SSSR count). The monoisotopic (exact) mass is 182 g/mol. The smallest absolute Gasteiger partial charge is 0.120 e. The van der Waals surface area contributed by atoms with Gasteiger partial charge in [0.15, 0.2) is 0 Å². The van der Waals surface area contributed by atoms with Crippen molar-refractivity contribution in [2.45, 2.75) is 13.0 Å². The average molecular weight is 182 g/mol. The van der Waals surface area contributed by atoms with E-state index in [1.54, 1.807) is 6.26 Å². The first-order chi connectivity index (χ1) is 6.25. The summed E-state index contributed by atoms with van der Waals surface area (Å²) < 4.78 is 5.33. The van der Waals surface area contributed by atoms with E-state index < -0.39 is 0 Å². The van der Waals surface area contributed by atoms with Crippen LogP contribution < -0.4 is 5.32 Å². The van der Waals surface area contributed by atoms with E-state index in [1.165, 1.54) is 0 Å². The first-order valence-corrected chi connectivity index (χ1v) is 4.64. The predicted molar refractivity (Wildman–Crippen MR) is 53.7 cm³/mol. The van der Waals surface area contributed by atoms with Crippen molar-refractivity contribution in [2.75, 3.05) is 27.2 Å². The van der Waals surface area contributed by atoms with E-state index in [4.69, 9.17) is 4.42 Å². The minimum Gasteiger partial charge on any atom is -0.468 e. The van der Waals surface area contributed by atoms with Gasteiger partial charge in [0.2, 0.25) is 0 Å². The van der Waals surface area contributed by atoms with E-state index in [-0.39, 0.29) is 0 Å². The lowest BCUT2D eigenvalue weighted by molar-refractivity contribution is 0.233. The Balaban J connectivity index is 2.43. The third kappa shape index (κ3) is 2.86. The van der Waals surface area contributed by atoms with Crippen LogP contribution in [0.15, 0.2) is 22.8 Å². The third-order valence-corrected chi connectivity index (χ3v) is 2.33. The molecule has 0 aliphatic carbocycles. The van der Waals surface area contributed by atoms with Gasteiger partial charge in [-0.3, -0.25) is 4.90 Å². The van der Waals surface area contributed by atoms with Gasteiger partial charge in [0.1, 0.15) is 5.76 Å². The molecule has 0 fully saturated rings. The highest BCUT2D eigenvalue weighted by molar-refractivity contribution is 5.03. The topological polar surface area (TPSA) is 28.4 Å². The molecule has 0 aliphatic rings. The van der Waals surface area contributed by atoms with Crippen LogP contribution in [-0.2, 0) is 0 Å². The molecule has 74 valence electrons. The van der Waals surface area contributed by atoms with Crippen molar-refractivity contribution >= 4 is 0 Å². The molecule has 3 heteroatoms. The van der Waals surface area contributed by atoms with Gasteiger partial charge < -0.3 is 9.73 Å². The Morgan fingerprint density at radius 3 is 2.92 bits per heavy atom. The van der Waals surface area contributed by atoms with E-state index in [0.29, 0.717) is 6.04 Å². The van der Waals surface area contributed by atoms with Crippen LogP contribution in [0.4, 0.5) is 0 Å². The van der Waals surface area contributed by atoms with E-state index >= 15 is 0 Å². The Hall–Kier alpha value is -0.800. The van der Waals surface area contributed by atoms with Crippen molar-refractivity contribution in [3.05, 3.63) is 24.2 Å². The van der Waals surface area contributed by atoms with Crippen LogP contribution in [0, 0.1) is 0 Å². The lowest BCUT2D eigenvalue weighted by Gasteiger charge is -2.22. The van der Waals surface area contributed by atoms with Gasteiger partial charge in [0, 0.05) is 13.1 Å². The molecule has 0 saturated carbocycles. The highest BCUT2D eigenvalue weighted by Crippen LogP contribution is 2.17. The minimum atomic E-state index is 0.350. The van der Waals surface area contributed by atoms with Crippen molar-refractivity contribution in [3.63, 3.8) is 0 Å². The van der Waals surface area contributed by atoms with E-state index in [2.05, 4.69) is 24.2 Å². The molecule has 0 aromatic carbocycles. The molecule has 1 heterocycles. The maximum atomic E-state index is 5.33. The zero-order valence-corrected chi connectivity index (χ0v) is 8.58. The van der Waals surface area contributed by atoms with Crippen molar-refractivity contribution in [1.82, 2.24) is 10.2 Å². The van der Waals surface area contributed by atoms with Gasteiger partial charge in [0.25, 0.3) is 0 Å². The van der Waals surface area contributed by atoms with Crippen LogP contribution in [-0.4, -0.2) is 32.1 Å². The molecule has 0 bridgehead atoms. The molecule has 0 spiro atoms. The lowest BCUT2D eigenvalue weighted by Crippen LogP contribution is -2.29. The van der Waals surface area contributed by atoms with Gasteiger partial charge in [0.05, 0.1) is 12.3 Å². The molecule has 1 unspecified atom stereocenters. The second kappa shape index (κ2) is 5.04. The molecule has 1 atom stereocenters. The van der Waals surface area contributed by atoms with Crippen LogP contribution in [0.5, 0.6) is 0 Å². The number of rotatable bonds is 5. The maximum Gasteiger partial charge on any atom is 0.120 e. The predicted octanol–water partition coefficient (Wildman–Crippen LogP) is 1.49. The fourth-order valence-corrected chi connectivity index (χ4v) is 1.23. The highest BCUT2D eigenvalue weighted by atomic mass is 16.3. The Labute approximate surface area is 79.7 Å². The van der Waals surface area contributed by atoms with E-state index in [9.17, 15) is 0 Å². The van der Waals surface area contributed by atoms with Crippen LogP contribution >= 0.6 is 0 Å². The zero-order chi connectivity index (χ0) is 9.68. The van der Waals surface area contributed by atoms with Gasteiger partial charge in [-0.15, -0.1) is 0 Å². The number of furan rings is 1. The van der Waals surface area contributed by atoms with Gasteiger partial charge in [-0.25, -0.2) is 0 Å². The first kappa shape index (κ1) is 10.3. The molecule has 1 aromatic rings. The Kier molecular flexibility index (Phi) is 3.99. The van der Waals surface area contributed by atoms with Crippen LogP contribution in [0.1, 0.15) is 18.7 Å². The molecular formula is C10H18N2O. The molecule has 0 amide bonds. The summed E-state index contributed by atoms with van der Waals surface area (Å²) in [5, 5.41) is 3.13. The number of hydrogen-bond donors (Lipinski definition) is 1. The van der Waals surface area contributed by atoms with Crippen LogP contribution in [0.3, 0.4) is 0 Å². The average Bonchev–Trinajstić information content (AvgIpc) is 2.65. The van der Waals surface area contributed by atoms with Crippen molar-refractivity contribution < 1.29 is 4.42 Å². The summed E-state index contributed by atoms with van der Waals surface area (Å²) in [4.78, 5) is 2.26. The normalized spacial score (nSPS) is 13.5. The Morgan fingerprint density at radius 2 is 2.38 bits per heavy atom. The lowest BCUT2D eigenvalue weighted by atomic mass is 10.2. The summed E-state index contributed by atoms with van der Waals surface area (Å²) >= 11 is 0. The largest absolute Gasteiger partial charge is 0.468 e. The summed E-state index contributed by atoms with van der Waals surface area (Å²) in [5.74, 6) is 1.03. The summed E-state index contributed by atoms with van der Waals surface area (Å²) in [5.41, 5.74) is 0. The van der Waals surface area contributed by atoms with Gasteiger partial charge in [-0.05, 0) is 33.2 Å². The summed E-state index contributed by atoms with van der Waals surface area (Å²) in [6.07, 6.45) is 1.72. The maximum absolute atomic E-state index is 5.33. The van der Waals surface area contributed by atoms with Crippen LogP contribution in [0.2, 0.25) is 0 Å². The van der Waals surface area contributed by atoms with E-state index in [1.807, 2.05) is 19.2 Å². The number of nitrogens with zero attached hydrogens (tertiary/aromatic N) is 1. The quantitative estimate of drug-likeness (QED) is 0.748.